The van der Waals surface area contributed by atoms with Gasteiger partial charge in [0.2, 0.25) is 0 Å². The molecule has 1 aliphatic heterocycles. The zero-order chi connectivity index (χ0) is 9.54. The third-order valence-electron chi connectivity index (χ3n) is 2.23. The largest absolute Gasteiger partial charge is 0.297 e. The van der Waals surface area contributed by atoms with Crippen molar-refractivity contribution in [1.82, 2.24) is 4.98 Å². The van der Waals surface area contributed by atoms with Crippen LogP contribution < -0.4 is 0 Å². The molecule has 4 heteroatoms. The van der Waals surface area contributed by atoms with Crippen LogP contribution in [0.5, 0.6) is 0 Å². The number of nitrogens with zero attached hydrogens (tertiary/aromatic N) is 3. The standard InChI is InChI=1S/C10H5N3O/c14-10-7-3-4-8-6(2-1-5-11-8)9(7)12-13-10/h1-5H. The summed E-state index contributed by atoms with van der Waals surface area (Å²) in [6.07, 6.45) is 1.71. The number of amides is 1. The van der Waals surface area contributed by atoms with Crippen molar-refractivity contribution >= 4 is 22.5 Å². The average Bonchev–Trinajstić information content (AvgIpc) is 2.61. The summed E-state index contributed by atoms with van der Waals surface area (Å²) in [7, 11) is 0. The van der Waals surface area contributed by atoms with Crippen LogP contribution >= 0.6 is 0 Å². The Hall–Kier alpha value is -2.10. The predicted molar refractivity (Wildman–Crippen MR) is 50.6 cm³/mol. The number of hydrogen-bond donors (Lipinski definition) is 0. The highest BCUT2D eigenvalue weighted by molar-refractivity contribution is 6.09. The summed E-state index contributed by atoms with van der Waals surface area (Å²) < 4.78 is 0. The molecular weight excluding hydrogens is 178 g/mol. The van der Waals surface area contributed by atoms with E-state index < -0.39 is 0 Å². The summed E-state index contributed by atoms with van der Waals surface area (Å²) in [6, 6.07) is 7.23. The van der Waals surface area contributed by atoms with E-state index in [0.717, 1.165) is 10.9 Å². The number of aromatic nitrogens is 1. The van der Waals surface area contributed by atoms with Gasteiger partial charge in [0.05, 0.1) is 11.1 Å². The molecule has 4 nitrogen and oxygen atoms in total. The maximum atomic E-state index is 11.2. The maximum Gasteiger partial charge on any atom is 0.297 e. The van der Waals surface area contributed by atoms with Gasteiger partial charge in [-0.1, -0.05) is 0 Å². The van der Waals surface area contributed by atoms with E-state index in [9.17, 15) is 4.79 Å². The Morgan fingerprint density at radius 2 is 2.00 bits per heavy atom. The summed E-state index contributed by atoms with van der Waals surface area (Å²) in [4.78, 5) is 15.4. The Bertz CT molecular complexity index is 575. The first-order chi connectivity index (χ1) is 6.86. The van der Waals surface area contributed by atoms with Crippen LogP contribution in [-0.4, -0.2) is 10.9 Å². The van der Waals surface area contributed by atoms with Crippen molar-refractivity contribution in [2.75, 3.05) is 0 Å². The highest BCUT2D eigenvalue weighted by Crippen LogP contribution is 2.33. The summed E-state index contributed by atoms with van der Waals surface area (Å²) in [5, 5.41) is 8.23. The fourth-order valence-corrected chi connectivity index (χ4v) is 1.57. The van der Waals surface area contributed by atoms with Gasteiger partial charge >= 0.3 is 0 Å². The van der Waals surface area contributed by atoms with Crippen molar-refractivity contribution in [3.8, 4) is 0 Å². The van der Waals surface area contributed by atoms with Crippen molar-refractivity contribution in [2.24, 2.45) is 10.2 Å². The van der Waals surface area contributed by atoms with E-state index in [1.165, 1.54) is 0 Å². The van der Waals surface area contributed by atoms with Crippen LogP contribution in [0.4, 0.5) is 5.69 Å². The SMILES string of the molecule is O=C1N=Nc2c1ccc1ncccc21. The molecule has 0 fully saturated rings. The van der Waals surface area contributed by atoms with E-state index in [1.807, 2.05) is 18.2 Å². The Labute approximate surface area is 79.3 Å². The van der Waals surface area contributed by atoms with E-state index in [0.29, 0.717) is 11.3 Å². The lowest BCUT2D eigenvalue weighted by molar-refractivity contribution is 0.100. The minimum atomic E-state index is -0.272. The van der Waals surface area contributed by atoms with Crippen LogP contribution in [0.25, 0.3) is 10.9 Å². The highest BCUT2D eigenvalue weighted by atomic mass is 16.2. The van der Waals surface area contributed by atoms with Crippen molar-refractivity contribution in [3.63, 3.8) is 0 Å². The van der Waals surface area contributed by atoms with E-state index in [2.05, 4.69) is 15.2 Å². The van der Waals surface area contributed by atoms with Crippen molar-refractivity contribution in [3.05, 3.63) is 36.0 Å². The maximum absolute atomic E-state index is 11.2. The van der Waals surface area contributed by atoms with Gasteiger partial charge in [0.15, 0.2) is 0 Å². The van der Waals surface area contributed by atoms with Gasteiger partial charge in [0.25, 0.3) is 5.91 Å². The number of hydrogen-bond acceptors (Lipinski definition) is 3. The molecule has 1 aromatic carbocycles. The Morgan fingerprint density at radius 3 is 2.93 bits per heavy atom. The average molecular weight is 183 g/mol. The topological polar surface area (TPSA) is 54.7 Å². The molecule has 0 atom stereocenters. The molecule has 1 aromatic heterocycles. The molecule has 0 saturated carbocycles. The van der Waals surface area contributed by atoms with Crippen LogP contribution in [0.3, 0.4) is 0 Å². The molecule has 2 heterocycles. The predicted octanol–water partition coefficient (Wildman–Crippen LogP) is 2.47. The molecular formula is C10H5N3O. The van der Waals surface area contributed by atoms with E-state index in [4.69, 9.17) is 0 Å². The van der Waals surface area contributed by atoms with Gasteiger partial charge in [-0.15, -0.1) is 10.2 Å². The quantitative estimate of drug-likeness (QED) is 0.629. The van der Waals surface area contributed by atoms with Crippen LogP contribution in [-0.2, 0) is 0 Å². The van der Waals surface area contributed by atoms with E-state index in [1.54, 1.807) is 12.3 Å². The fourth-order valence-electron chi connectivity index (χ4n) is 1.57. The zero-order valence-corrected chi connectivity index (χ0v) is 7.14. The number of carbonyl (C=O) groups is 1. The minimum absolute atomic E-state index is 0.272. The third-order valence-corrected chi connectivity index (χ3v) is 2.23. The molecule has 0 aliphatic carbocycles. The highest BCUT2D eigenvalue weighted by Gasteiger charge is 2.19. The lowest BCUT2D eigenvalue weighted by atomic mass is 10.1. The molecule has 0 spiro atoms. The van der Waals surface area contributed by atoms with Crippen molar-refractivity contribution in [2.45, 2.75) is 0 Å². The summed E-state index contributed by atoms with van der Waals surface area (Å²) in [5.74, 6) is -0.272. The molecule has 1 aliphatic rings. The Balaban J connectivity index is 2.49. The number of azo groups is 1. The van der Waals surface area contributed by atoms with Gasteiger partial charge in [-0.05, 0) is 24.3 Å². The first kappa shape index (κ1) is 7.32. The molecule has 66 valence electrons. The van der Waals surface area contributed by atoms with E-state index in [-0.39, 0.29) is 5.91 Å². The number of pyridine rings is 1. The van der Waals surface area contributed by atoms with Gasteiger partial charge in [-0.3, -0.25) is 9.78 Å². The minimum Gasteiger partial charge on any atom is -0.265 e. The summed E-state index contributed by atoms with van der Waals surface area (Å²) >= 11 is 0. The lowest BCUT2D eigenvalue weighted by Gasteiger charge is -1.98. The van der Waals surface area contributed by atoms with Crippen LogP contribution in [0.15, 0.2) is 40.7 Å². The normalized spacial score (nSPS) is 13.6. The monoisotopic (exact) mass is 183 g/mol. The first-order valence-corrected chi connectivity index (χ1v) is 4.20. The smallest absolute Gasteiger partial charge is 0.265 e. The molecule has 0 N–H and O–H groups in total. The molecule has 0 unspecified atom stereocenters. The van der Waals surface area contributed by atoms with Crippen LogP contribution in [0.2, 0.25) is 0 Å². The Morgan fingerprint density at radius 1 is 1.07 bits per heavy atom. The van der Waals surface area contributed by atoms with Gasteiger partial charge in [-0.2, -0.15) is 0 Å². The number of carbonyl (C=O) groups excluding carboxylic acids is 1. The fraction of sp³-hybridized carbons (Fsp3) is 0. The van der Waals surface area contributed by atoms with Crippen LogP contribution in [0.1, 0.15) is 10.4 Å². The second-order valence-electron chi connectivity index (χ2n) is 3.04. The first-order valence-electron chi connectivity index (χ1n) is 4.20. The second-order valence-corrected chi connectivity index (χ2v) is 3.04. The molecule has 14 heavy (non-hydrogen) atoms. The molecule has 0 bridgehead atoms. The molecule has 1 amide bonds. The molecule has 0 radical (unpaired) electrons. The molecule has 0 saturated heterocycles. The zero-order valence-electron chi connectivity index (χ0n) is 7.14. The third kappa shape index (κ3) is 0.821. The lowest BCUT2D eigenvalue weighted by Crippen LogP contribution is -1.89. The molecule has 3 rings (SSSR count). The van der Waals surface area contributed by atoms with E-state index >= 15 is 0 Å². The number of fused-ring (bicyclic) bond motifs is 3. The second kappa shape index (κ2) is 2.45. The van der Waals surface area contributed by atoms with Crippen LogP contribution in [0, 0.1) is 0 Å². The van der Waals surface area contributed by atoms with Crippen molar-refractivity contribution < 1.29 is 4.79 Å². The van der Waals surface area contributed by atoms with Gasteiger partial charge in [0.1, 0.15) is 5.69 Å². The Kier molecular flexibility index (Phi) is 1.28. The summed E-state index contributed by atoms with van der Waals surface area (Å²) in [6.45, 7) is 0. The molecule has 2 aromatic rings. The number of rotatable bonds is 0. The van der Waals surface area contributed by atoms with Crippen molar-refractivity contribution in [1.29, 1.82) is 0 Å². The number of benzene rings is 1. The van der Waals surface area contributed by atoms with Gasteiger partial charge in [0, 0.05) is 11.6 Å². The van der Waals surface area contributed by atoms with Gasteiger partial charge in [-0.25, -0.2) is 0 Å². The summed E-state index contributed by atoms with van der Waals surface area (Å²) in [5.41, 5.74) is 2.03. The van der Waals surface area contributed by atoms with Gasteiger partial charge < -0.3 is 0 Å².